The lowest BCUT2D eigenvalue weighted by atomic mass is 9.84. The van der Waals surface area contributed by atoms with Crippen LogP contribution >= 0.6 is 11.3 Å². The Bertz CT molecular complexity index is 688. The van der Waals surface area contributed by atoms with Gasteiger partial charge in [0.1, 0.15) is 21.7 Å². The summed E-state index contributed by atoms with van der Waals surface area (Å²) in [5.74, 6) is -0.887. The maximum absolute atomic E-state index is 13.2. The summed E-state index contributed by atoms with van der Waals surface area (Å²) >= 11 is 1.47. The monoisotopic (exact) mass is 410 g/mol. The van der Waals surface area contributed by atoms with Crippen LogP contribution in [0.25, 0.3) is 0 Å². The van der Waals surface area contributed by atoms with E-state index in [0.717, 1.165) is 5.01 Å². The summed E-state index contributed by atoms with van der Waals surface area (Å²) in [6.07, 6.45) is 2.62. The van der Waals surface area contributed by atoms with E-state index in [4.69, 9.17) is 9.47 Å². The maximum atomic E-state index is 13.2. The van der Waals surface area contributed by atoms with Crippen molar-refractivity contribution in [1.82, 2.24) is 10.3 Å². The molecule has 0 amide bonds. The second kappa shape index (κ2) is 8.11. The largest absolute Gasteiger partial charge is 0.460 e. The van der Waals surface area contributed by atoms with Gasteiger partial charge in [0.25, 0.3) is 0 Å². The first kappa shape index (κ1) is 22.8. The number of carbonyl (C=O) groups excluding carboxylic acids is 2. The average Bonchev–Trinajstić information content (AvgIpc) is 3.10. The van der Waals surface area contributed by atoms with Gasteiger partial charge < -0.3 is 9.47 Å². The Hall–Kier alpha value is -1.47. The molecule has 2 heterocycles. The SMILES string of the molecule is CC(C)C[C@@]1(C(=O)OC(C)(C)C)C[C@H](C(=O)OC(C)(C)C)[C@H](c2nccs2)N1. The molecule has 0 aliphatic carbocycles. The van der Waals surface area contributed by atoms with Gasteiger partial charge in [0, 0.05) is 11.6 Å². The Morgan fingerprint density at radius 2 is 1.82 bits per heavy atom. The highest BCUT2D eigenvalue weighted by atomic mass is 32.1. The van der Waals surface area contributed by atoms with Crippen molar-refractivity contribution in [3.63, 3.8) is 0 Å². The summed E-state index contributed by atoms with van der Waals surface area (Å²) in [6.45, 7) is 15.2. The van der Waals surface area contributed by atoms with Gasteiger partial charge in [-0.15, -0.1) is 11.3 Å². The molecule has 0 spiro atoms. The molecule has 3 atom stereocenters. The predicted molar refractivity (Wildman–Crippen MR) is 110 cm³/mol. The fourth-order valence-electron chi connectivity index (χ4n) is 3.61. The van der Waals surface area contributed by atoms with Crippen molar-refractivity contribution in [3.8, 4) is 0 Å². The van der Waals surface area contributed by atoms with E-state index < -0.39 is 22.7 Å². The molecule has 28 heavy (non-hydrogen) atoms. The highest BCUT2D eigenvalue weighted by Gasteiger charge is 2.55. The van der Waals surface area contributed by atoms with Gasteiger partial charge in [0.2, 0.25) is 0 Å². The molecule has 1 fully saturated rings. The molecular formula is C21H34N2O4S. The number of esters is 2. The number of ether oxygens (including phenoxy) is 2. The molecule has 1 N–H and O–H groups in total. The third-order valence-electron chi connectivity index (χ3n) is 4.38. The first-order valence-corrected chi connectivity index (χ1v) is 10.7. The second-order valence-corrected chi connectivity index (χ2v) is 10.9. The molecule has 0 bridgehead atoms. The van der Waals surface area contributed by atoms with Crippen LogP contribution in [0, 0.1) is 11.8 Å². The molecule has 0 radical (unpaired) electrons. The number of carbonyl (C=O) groups is 2. The van der Waals surface area contributed by atoms with Crippen molar-refractivity contribution in [3.05, 3.63) is 16.6 Å². The van der Waals surface area contributed by atoms with Crippen LogP contribution in [-0.2, 0) is 19.1 Å². The lowest BCUT2D eigenvalue weighted by Crippen LogP contribution is -2.52. The quantitative estimate of drug-likeness (QED) is 0.731. The lowest BCUT2D eigenvalue weighted by Gasteiger charge is -2.33. The van der Waals surface area contributed by atoms with Crippen molar-refractivity contribution >= 4 is 23.3 Å². The van der Waals surface area contributed by atoms with E-state index in [-0.39, 0.29) is 23.9 Å². The van der Waals surface area contributed by atoms with Gasteiger partial charge >= 0.3 is 11.9 Å². The minimum atomic E-state index is -0.945. The number of nitrogens with zero attached hydrogens (tertiary/aromatic N) is 1. The summed E-state index contributed by atoms with van der Waals surface area (Å²) < 4.78 is 11.4. The minimum Gasteiger partial charge on any atom is -0.460 e. The zero-order valence-corrected chi connectivity index (χ0v) is 19.1. The fraction of sp³-hybridized carbons (Fsp3) is 0.762. The number of aromatic nitrogens is 1. The Morgan fingerprint density at radius 3 is 2.29 bits per heavy atom. The molecular weight excluding hydrogens is 376 g/mol. The van der Waals surface area contributed by atoms with E-state index in [1.54, 1.807) is 6.20 Å². The molecule has 0 unspecified atom stereocenters. The van der Waals surface area contributed by atoms with Gasteiger partial charge in [0.05, 0.1) is 12.0 Å². The molecule has 1 aliphatic rings. The van der Waals surface area contributed by atoms with Gasteiger partial charge in [0.15, 0.2) is 0 Å². The third kappa shape index (κ3) is 5.77. The van der Waals surface area contributed by atoms with E-state index in [1.807, 2.05) is 46.9 Å². The third-order valence-corrected chi connectivity index (χ3v) is 5.23. The van der Waals surface area contributed by atoms with E-state index in [2.05, 4.69) is 24.1 Å². The molecule has 2 rings (SSSR count). The summed E-state index contributed by atoms with van der Waals surface area (Å²) in [4.78, 5) is 30.6. The van der Waals surface area contributed by atoms with Crippen molar-refractivity contribution in [2.75, 3.05) is 0 Å². The Kier molecular flexibility index (Phi) is 6.61. The lowest BCUT2D eigenvalue weighted by molar-refractivity contribution is -0.164. The van der Waals surface area contributed by atoms with Crippen molar-refractivity contribution in [2.24, 2.45) is 11.8 Å². The first-order valence-electron chi connectivity index (χ1n) is 9.86. The van der Waals surface area contributed by atoms with Crippen LogP contribution in [0.15, 0.2) is 11.6 Å². The normalized spacial score (nSPS) is 25.8. The number of nitrogens with one attached hydrogen (secondary N) is 1. The number of thiazole rings is 1. The van der Waals surface area contributed by atoms with Crippen molar-refractivity contribution in [1.29, 1.82) is 0 Å². The summed E-state index contributed by atoms with van der Waals surface area (Å²) in [5.41, 5.74) is -2.15. The molecule has 6 nitrogen and oxygen atoms in total. The first-order chi connectivity index (χ1) is 12.7. The van der Waals surface area contributed by atoms with E-state index >= 15 is 0 Å². The van der Waals surface area contributed by atoms with Crippen LogP contribution in [0.1, 0.15) is 79.3 Å². The number of hydrogen-bond donors (Lipinski definition) is 1. The molecule has 0 aromatic carbocycles. The summed E-state index contributed by atoms with van der Waals surface area (Å²) in [5, 5.41) is 6.11. The van der Waals surface area contributed by atoms with E-state index in [1.165, 1.54) is 11.3 Å². The smallest absolute Gasteiger partial charge is 0.326 e. The van der Waals surface area contributed by atoms with Gasteiger partial charge in [-0.3, -0.25) is 14.9 Å². The van der Waals surface area contributed by atoms with Crippen LogP contribution in [0.3, 0.4) is 0 Å². The standard InChI is InChI=1S/C21H34N2O4S/c1-13(2)11-21(18(25)27-20(6,7)8)12-14(17(24)26-19(3,4)5)15(23-21)16-22-9-10-28-16/h9-10,13-15,23H,11-12H2,1-8H3/t14-,15+,21-/m0/s1. The maximum Gasteiger partial charge on any atom is 0.326 e. The van der Waals surface area contributed by atoms with Crippen LogP contribution < -0.4 is 5.32 Å². The van der Waals surface area contributed by atoms with Gasteiger partial charge in [-0.1, -0.05) is 13.8 Å². The van der Waals surface area contributed by atoms with Crippen molar-refractivity contribution in [2.45, 2.75) is 91.0 Å². The zero-order valence-electron chi connectivity index (χ0n) is 18.3. The van der Waals surface area contributed by atoms with Gasteiger partial charge in [-0.2, -0.15) is 0 Å². The summed E-state index contributed by atoms with van der Waals surface area (Å²) in [7, 11) is 0. The molecule has 1 aromatic rings. The van der Waals surface area contributed by atoms with E-state index in [9.17, 15) is 9.59 Å². The highest BCUT2D eigenvalue weighted by Crippen LogP contribution is 2.44. The second-order valence-electron chi connectivity index (χ2n) is 10.0. The van der Waals surface area contributed by atoms with Crippen LogP contribution in [0.5, 0.6) is 0 Å². The van der Waals surface area contributed by atoms with Gasteiger partial charge in [-0.25, -0.2) is 4.98 Å². The highest BCUT2D eigenvalue weighted by molar-refractivity contribution is 7.09. The van der Waals surface area contributed by atoms with E-state index in [0.29, 0.717) is 12.8 Å². The van der Waals surface area contributed by atoms with Crippen molar-refractivity contribution < 1.29 is 19.1 Å². The minimum absolute atomic E-state index is 0.245. The molecule has 1 aromatic heterocycles. The molecule has 1 aliphatic heterocycles. The molecule has 158 valence electrons. The molecule has 1 saturated heterocycles. The molecule has 0 saturated carbocycles. The topological polar surface area (TPSA) is 77.5 Å². The average molecular weight is 411 g/mol. The Morgan fingerprint density at radius 1 is 1.21 bits per heavy atom. The fourth-order valence-corrected chi connectivity index (χ4v) is 4.36. The Labute approximate surface area is 172 Å². The zero-order chi connectivity index (χ0) is 21.3. The number of rotatable bonds is 5. The predicted octanol–water partition coefficient (Wildman–Crippen LogP) is 4.26. The van der Waals surface area contributed by atoms with Crippen LogP contribution in [-0.4, -0.2) is 33.7 Å². The van der Waals surface area contributed by atoms with Gasteiger partial charge in [-0.05, 0) is 60.3 Å². The van der Waals surface area contributed by atoms with Crippen LogP contribution in [0.2, 0.25) is 0 Å². The number of hydrogen-bond acceptors (Lipinski definition) is 7. The molecule has 7 heteroatoms. The van der Waals surface area contributed by atoms with Crippen LogP contribution in [0.4, 0.5) is 0 Å². The Balaban J connectivity index is 2.41. The summed E-state index contributed by atoms with van der Waals surface area (Å²) in [6, 6.07) is -0.374.